The molecule has 3 aromatic rings. The molecule has 0 saturated carbocycles. The van der Waals surface area contributed by atoms with E-state index in [0.717, 1.165) is 24.2 Å². The van der Waals surface area contributed by atoms with E-state index >= 15 is 0 Å². The lowest BCUT2D eigenvalue weighted by Crippen LogP contribution is -2.39. The van der Waals surface area contributed by atoms with Crippen LogP contribution < -0.4 is 0 Å². The van der Waals surface area contributed by atoms with Crippen molar-refractivity contribution >= 4 is 17.5 Å². The lowest BCUT2D eigenvalue weighted by Gasteiger charge is -2.30. The molecule has 0 aliphatic carbocycles. The molecule has 1 atom stereocenters. The first-order valence-corrected chi connectivity index (χ1v) is 9.32. The fourth-order valence-corrected chi connectivity index (χ4v) is 3.57. The smallest absolute Gasteiger partial charge is 0.291 e. The van der Waals surface area contributed by atoms with Crippen LogP contribution in [0, 0.1) is 0 Å². The molecule has 4 rings (SSSR count). The molecule has 3 heterocycles. The molecule has 138 valence electrons. The van der Waals surface area contributed by atoms with E-state index in [4.69, 9.17) is 16.0 Å². The summed E-state index contributed by atoms with van der Waals surface area (Å²) in [5.41, 5.74) is 1.08. The molecule has 1 unspecified atom stereocenters. The highest BCUT2D eigenvalue weighted by atomic mass is 35.5. The number of piperidine rings is 1. The standard InChI is InChI=1S/C20H19ClN4O2/c21-16-6-1-4-14(10-16)11-17-12-24-19(27-17)15-5-2-9-25(13-15)20(26)18-22-7-3-8-23-18/h1,3-4,6-8,10,12,15H,2,5,9,11,13H2. The monoisotopic (exact) mass is 382 g/mol. The van der Waals surface area contributed by atoms with Crippen molar-refractivity contribution in [3.05, 3.63) is 77.0 Å². The maximum Gasteiger partial charge on any atom is 0.291 e. The number of carbonyl (C=O) groups excluding carboxylic acids is 1. The van der Waals surface area contributed by atoms with Crippen molar-refractivity contribution in [2.24, 2.45) is 0 Å². The first-order chi connectivity index (χ1) is 13.2. The Kier molecular flexibility index (Phi) is 5.16. The van der Waals surface area contributed by atoms with Gasteiger partial charge in [0, 0.05) is 36.9 Å². The molecule has 1 aromatic carbocycles. The van der Waals surface area contributed by atoms with Crippen LogP contribution in [0.4, 0.5) is 0 Å². The van der Waals surface area contributed by atoms with Crippen LogP contribution in [0.15, 0.2) is 53.3 Å². The Morgan fingerprint density at radius 1 is 1.22 bits per heavy atom. The summed E-state index contributed by atoms with van der Waals surface area (Å²) in [6.45, 7) is 1.26. The zero-order valence-electron chi connectivity index (χ0n) is 14.7. The third kappa shape index (κ3) is 4.17. The summed E-state index contributed by atoms with van der Waals surface area (Å²) in [6, 6.07) is 9.40. The van der Waals surface area contributed by atoms with Gasteiger partial charge in [0.05, 0.1) is 12.1 Å². The van der Waals surface area contributed by atoms with Crippen molar-refractivity contribution in [1.29, 1.82) is 0 Å². The molecule has 1 saturated heterocycles. The van der Waals surface area contributed by atoms with Crippen LogP contribution >= 0.6 is 11.6 Å². The Labute approximate surface area is 162 Å². The molecule has 1 aliphatic heterocycles. The van der Waals surface area contributed by atoms with Crippen LogP contribution in [-0.2, 0) is 6.42 Å². The van der Waals surface area contributed by atoms with Crippen LogP contribution in [0.3, 0.4) is 0 Å². The minimum atomic E-state index is -0.147. The maximum atomic E-state index is 12.6. The number of benzene rings is 1. The Morgan fingerprint density at radius 3 is 2.89 bits per heavy atom. The molecule has 1 aliphatic rings. The summed E-state index contributed by atoms with van der Waals surface area (Å²) in [7, 11) is 0. The Morgan fingerprint density at radius 2 is 2.07 bits per heavy atom. The van der Waals surface area contributed by atoms with Crippen molar-refractivity contribution in [3.63, 3.8) is 0 Å². The zero-order valence-corrected chi connectivity index (χ0v) is 15.5. The van der Waals surface area contributed by atoms with Crippen LogP contribution in [0.25, 0.3) is 0 Å². The minimum Gasteiger partial charge on any atom is -0.445 e. The molecular formula is C20H19ClN4O2. The van der Waals surface area contributed by atoms with E-state index in [-0.39, 0.29) is 17.6 Å². The molecule has 27 heavy (non-hydrogen) atoms. The molecule has 0 spiro atoms. The normalized spacial score (nSPS) is 17.1. The van der Waals surface area contributed by atoms with Gasteiger partial charge in [-0.2, -0.15) is 0 Å². The molecule has 2 aromatic heterocycles. The molecule has 0 N–H and O–H groups in total. The average Bonchev–Trinajstić information content (AvgIpc) is 3.17. The topological polar surface area (TPSA) is 72.1 Å². The second-order valence-electron chi connectivity index (χ2n) is 6.63. The molecule has 6 nitrogen and oxygen atoms in total. The van der Waals surface area contributed by atoms with E-state index in [2.05, 4.69) is 15.0 Å². The number of oxazole rings is 1. The third-order valence-corrected chi connectivity index (χ3v) is 4.89. The van der Waals surface area contributed by atoms with E-state index in [0.29, 0.717) is 30.4 Å². The molecule has 0 bridgehead atoms. The van der Waals surface area contributed by atoms with Crippen LogP contribution in [0.2, 0.25) is 5.02 Å². The summed E-state index contributed by atoms with van der Waals surface area (Å²) in [5, 5.41) is 0.705. The van der Waals surface area contributed by atoms with Gasteiger partial charge in [0.25, 0.3) is 5.91 Å². The molecule has 7 heteroatoms. The molecule has 0 radical (unpaired) electrons. The molecule has 1 amide bonds. The number of amides is 1. The second-order valence-corrected chi connectivity index (χ2v) is 7.07. The average molecular weight is 383 g/mol. The van der Waals surface area contributed by atoms with Crippen molar-refractivity contribution in [1.82, 2.24) is 19.9 Å². The number of halogens is 1. The summed E-state index contributed by atoms with van der Waals surface area (Å²) < 4.78 is 5.98. The highest BCUT2D eigenvalue weighted by molar-refractivity contribution is 6.30. The van der Waals surface area contributed by atoms with E-state index in [1.54, 1.807) is 29.6 Å². The number of likely N-dealkylation sites (tertiary alicyclic amines) is 1. The Balaban J connectivity index is 1.44. The molecule has 1 fully saturated rings. The zero-order chi connectivity index (χ0) is 18.6. The van der Waals surface area contributed by atoms with Gasteiger partial charge in [0.1, 0.15) is 5.76 Å². The first kappa shape index (κ1) is 17.7. The Hall–Kier alpha value is -2.73. The van der Waals surface area contributed by atoms with E-state index < -0.39 is 0 Å². The quantitative estimate of drug-likeness (QED) is 0.687. The summed E-state index contributed by atoms with van der Waals surface area (Å²) in [6.07, 6.45) is 7.40. The van der Waals surface area contributed by atoms with Crippen LogP contribution in [0.5, 0.6) is 0 Å². The van der Waals surface area contributed by atoms with Gasteiger partial charge in [-0.1, -0.05) is 23.7 Å². The van der Waals surface area contributed by atoms with Gasteiger partial charge < -0.3 is 9.32 Å². The molecular weight excluding hydrogens is 364 g/mol. The van der Waals surface area contributed by atoms with Crippen molar-refractivity contribution in [2.75, 3.05) is 13.1 Å². The fraction of sp³-hybridized carbons (Fsp3) is 0.300. The van der Waals surface area contributed by atoms with Gasteiger partial charge in [0.2, 0.25) is 5.82 Å². The second kappa shape index (κ2) is 7.88. The third-order valence-electron chi connectivity index (χ3n) is 4.65. The predicted octanol–water partition coefficient (Wildman–Crippen LogP) is 3.73. The SMILES string of the molecule is O=C(c1ncccn1)N1CCCC(c2ncc(Cc3cccc(Cl)c3)o2)C1. The highest BCUT2D eigenvalue weighted by Crippen LogP contribution is 2.28. The van der Waals surface area contributed by atoms with Crippen LogP contribution in [0.1, 0.15) is 46.6 Å². The number of carbonyl (C=O) groups is 1. The lowest BCUT2D eigenvalue weighted by atomic mass is 9.98. The summed E-state index contributed by atoms with van der Waals surface area (Å²) in [5.74, 6) is 1.64. The largest absolute Gasteiger partial charge is 0.445 e. The van der Waals surface area contributed by atoms with Gasteiger partial charge in [-0.25, -0.2) is 15.0 Å². The predicted molar refractivity (Wildman–Crippen MR) is 101 cm³/mol. The van der Waals surface area contributed by atoms with E-state index in [1.165, 1.54) is 0 Å². The first-order valence-electron chi connectivity index (χ1n) is 8.94. The van der Waals surface area contributed by atoms with Crippen molar-refractivity contribution < 1.29 is 9.21 Å². The fourth-order valence-electron chi connectivity index (χ4n) is 3.36. The van der Waals surface area contributed by atoms with Gasteiger partial charge in [0.15, 0.2) is 5.89 Å². The number of hydrogen-bond acceptors (Lipinski definition) is 5. The maximum absolute atomic E-state index is 12.6. The number of rotatable bonds is 4. The van der Waals surface area contributed by atoms with Crippen LogP contribution in [-0.4, -0.2) is 38.8 Å². The summed E-state index contributed by atoms with van der Waals surface area (Å²) >= 11 is 6.04. The van der Waals surface area contributed by atoms with Gasteiger partial charge in [-0.15, -0.1) is 0 Å². The van der Waals surface area contributed by atoms with Crippen molar-refractivity contribution in [3.8, 4) is 0 Å². The highest BCUT2D eigenvalue weighted by Gasteiger charge is 2.29. The van der Waals surface area contributed by atoms with Crippen molar-refractivity contribution in [2.45, 2.75) is 25.2 Å². The number of nitrogens with zero attached hydrogens (tertiary/aromatic N) is 4. The van der Waals surface area contributed by atoms with Gasteiger partial charge in [-0.05, 0) is 36.6 Å². The summed E-state index contributed by atoms with van der Waals surface area (Å²) in [4.78, 5) is 26.9. The number of aromatic nitrogens is 3. The number of hydrogen-bond donors (Lipinski definition) is 0. The van der Waals surface area contributed by atoms with E-state index in [9.17, 15) is 4.79 Å². The van der Waals surface area contributed by atoms with Gasteiger partial charge in [-0.3, -0.25) is 4.79 Å². The van der Waals surface area contributed by atoms with E-state index in [1.807, 2.05) is 24.3 Å². The minimum absolute atomic E-state index is 0.0829. The van der Waals surface area contributed by atoms with Gasteiger partial charge >= 0.3 is 0 Å². The Bertz CT molecular complexity index is 928. The lowest BCUT2D eigenvalue weighted by molar-refractivity contribution is 0.0685.